The Labute approximate surface area is 174 Å². The number of fused-ring (bicyclic) bond motifs is 2. The summed E-state index contributed by atoms with van der Waals surface area (Å²) in [5.41, 5.74) is 8.62. The lowest BCUT2D eigenvalue weighted by Gasteiger charge is -2.08. The number of nitrogens with zero attached hydrogens (tertiary/aromatic N) is 4. The first-order valence-corrected chi connectivity index (χ1v) is 9.68. The van der Waals surface area contributed by atoms with Crippen LogP contribution in [0.1, 0.15) is 6.92 Å². The zero-order chi connectivity index (χ0) is 21.1. The third kappa shape index (κ3) is 4.18. The van der Waals surface area contributed by atoms with Gasteiger partial charge in [0.1, 0.15) is 10.6 Å². The normalized spacial score (nSPS) is 10.6. The number of nitrogen functional groups attached to an aromatic ring is 1. The number of thiophene rings is 1. The minimum Gasteiger partial charge on any atom is -0.481 e. The van der Waals surface area contributed by atoms with Gasteiger partial charge in [-0.2, -0.15) is 10.1 Å². The number of benzene rings is 1. The van der Waals surface area contributed by atoms with Crippen LogP contribution in [0.4, 0.5) is 17.5 Å². The molecule has 0 radical (unpaired) electrons. The summed E-state index contributed by atoms with van der Waals surface area (Å²) in [6.07, 6.45) is 5.25. The van der Waals surface area contributed by atoms with Crippen LogP contribution >= 0.6 is 11.3 Å². The SMILES string of the molecule is CC(=O)O.Nc1nccc(Nc2cc(-c3cc4cccnc4s3)c3[nH]ncc3c2)n1. The number of nitrogens with two attached hydrogens (primary N) is 1. The number of nitrogens with one attached hydrogen (secondary N) is 2. The summed E-state index contributed by atoms with van der Waals surface area (Å²) in [4.78, 5) is 23.7. The Bertz CT molecular complexity index is 1310. The summed E-state index contributed by atoms with van der Waals surface area (Å²) in [5.74, 6) is 0.0412. The molecule has 4 heterocycles. The standard InChI is InChI=1S/C18H13N7S.C2H4O2/c19-18-21-5-3-15(24-18)23-12-6-11-9-22-25-16(11)13(8-12)14-7-10-2-1-4-20-17(10)26-14;1-2(3)4/h1-9H,(H,22,25)(H3,19,21,23,24);1H3,(H,3,4). The van der Waals surface area contributed by atoms with Crippen molar-refractivity contribution in [3.63, 3.8) is 0 Å². The van der Waals surface area contributed by atoms with Gasteiger partial charge in [0.15, 0.2) is 0 Å². The fourth-order valence-electron chi connectivity index (χ4n) is 2.92. The first kappa shape index (κ1) is 19.3. The van der Waals surface area contributed by atoms with Crippen LogP contribution in [0.3, 0.4) is 0 Å². The summed E-state index contributed by atoms with van der Waals surface area (Å²) in [6, 6.07) is 12.0. The van der Waals surface area contributed by atoms with E-state index in [0.717, 1.165) is 44.2 Å². The van der Waals surface area contributed by atoms with Crippen molar-refractivity contribution in [3.05, 3.63) is 55.0 Å². The number of aromatic nitrogens is 5. The monoisotopic (exact) mass is 419 g/mol. The molecule has 9 nitrogen and oxygen atoms in total. The van der Waals surface area contributed by atoms with Gasteiger partial charge in [-0.1, -0.05) is 6.07 Å². The summed E-state index contributed by atoms with van der Waals surface area (Å²) in [7, 11) is 0. The van der Waals surface area contributed by atoms with Crippen LogP contribution in [0.25, 0.3) is 31.6 Å². The third-order valence-electron chi connectivity index (χ3n) is 4.05. The van der Waals surface area contributed by atoms with Crippen molar-refractivity contribution >= 4 is 55.9 Å². The molecule has 0 aliphatic rings. The number of aliphatic carboxylic acids is 1. The van der Waals surface area contributed by atoms with E-state index in [9.17, 15) is 0 Å². The van der Waals surface area contributed by atoms with Crippen LogP contribution in [0, 0.1) is 0 Å². The first-order valence-electron chi connectivity index (χ1n) is 8.87. The number of hydrogen-bond donors (Lipinski definition) is 4. The minimum atomic E-state index is -0.833. The smallest absolute Gasteiger partial charge is 0.300 e. The number of pyridine rings is 1. The molecule has 150 valence electrons. The van der Waals surface area contributed by atoms with Crippen LogP contribution in [-0.4, -0.2) is 36.2 Å². The highest BCUT2D eigenvalue weighted by Crippen LogP contribution is 2.37. The van der Waals surface area contributed by atoms with Gasteiger partial charge >= 0.3 is 0 Å². The molecule has 5 N–H and O–H groups in total. The van der Waals surface area contributed by atoms with E-state index in [0.29, 0.717) is 5.82 Å². The number of rotatable bonds is 3. The highest BCUT2D eigenvalue weighted by atomic mass is 32.1. The van der Waals surface area contributed by atoms with Crippen LogP contribution in [-0.2, 0) is 4.79 Å². The molecule has 0 bridgehead atoms. The molecule has 4 aromatic heterocycles. The quantitative estimate of drug-likeness (QED) is 0.343. The Morgan fingerprint density at radius 1 is 1.17 bits per heavy atom. The molecule has 5 aromatic rings. The van der Waals surface area contributed by atoms with E-state index in [1.54, 1.807) is 23.6 Å². The van der Waals surface area contributed by atoms with Crippen LogP contribution in [0.2, 0.25) is 0 Å². The van der Waals surface area contributed by atoms with Gasteiger partial charge in [-0.25, -0.2) is 9.97 Å². The number of aromatic amines is 1. The molecule has 0 amide bonds. The summed E-state index contributed by atoms with van der Waals surface area (Å²) >= 11 is 1.65. The average Bonchev–Trinajstić information content (AvgIpc) is 3.33. The van der Waals surface area contributed by atoms with E-state index in [4.69, 9.17) is 15.6 Å². The third-order valence-corrected chi connectivity index (χ3v) is 5.15. The van der Waals surface area contributed by atoms with Crippen molar-refractivity contribution < 1.29 is 9.90 Å². The molecule has 10 heteroatoms. The lowest BCUT2D eigenvalue weighted by Crippen LogP contribution is -1.99. The molecule has 0 fully saturated rings. The Balaban J connectivity index is 0.000000503. The molecule has 0 unspecified atom stereocenters. The van der Waals surface area contributed by atoms with Gasteiger partial charge in [0.2, 0.25) is 5.95 Å². The summed E-state index contributed by atoms with van der Waals surface area (Å²) < 4.78 is 0. The highest BCUT2D eigenvalue weighted by molar-refractivity contribution is 7.21. The summed E-state index contributed by atoms with van der Waals surface area (Å²) in [6.45, 7) is 1.08. The van der Waals surface area contributed by atoms with E-state index in [-0.39, 0.29) is 5.95 Å². The number of H-pyrrole nitrogens is 1. The van der Waals surface area contributed by atoms with Crippen LogP contribution in [0.5, 0.6) is 0 Å². The minimum absolute atomic E-state index is 0.232. The maximum Gasteiger partial charge on any atom is 0.300 e. The second-order valence-corrected chi connectivity index (χ2v) is 7.34. The molecule has 0 aliphatic carbocycles. The molecule has 0 saturated heterocycles. The number of carbonyl (C=O) groups is 1. The molecule has 0 saturated carbocycles. The lowest BCUT2D eigenvalue weighted by molar-refractivity contribution is -0.134. The molecular formula is C20H17N7O2S. The highest BCUT2D eigenvalue weighted by Gasteiger charge is 2.12. The molecule has 0 aliphatic heterocycles. The van der Waals surface area contributed by atoms with Crippen molar-refractivity contribution in [1.82, 2.24) is 25.1 Å². The van der Waals surface area contributed by atoms with Crippen molar-refractivity contribution in [2.45, 2.75) is 6.92 Å². The molecular weight excluding hydrogens is 402 g/mol. The van der Waals surface area contributed by atoms with E-state index in [1.807, 2.05) is 24.5 Å². The van der Waals surface area contributed by atoms with Gasteiger partial charge in [0.05, 0.1) is 11.7 Å². The van der Waals surface area contributed by atoms with Gasteiger partial charge in [0, 0.05) is 46.2 Å². The maximum absolute atomic E-state index is 9.00. The number of carboxylic acids is 1. The van der Waals surface area contributed by atoms with Gasteiger partial charge < -0.3 is 16.2 Å². The van der Waals surface area contributed by atoms with Crippen LogP contribution < -0.4 is 11.1 Å². The zero-order valence-corrected chi connectivity index (χ0v) is 16.6. The molecule has 0 atom stereocenters. The average molecular weight is 419 g/mol. The number of hydrogen-bond acceptors (Lipinski definition) is 8. The summed E-state index contributed by atoms with van der Waals surface area (Å²) in [5, 5.41) is 20.1. The molecule has 5 rings (SSSR count). The first-order chi connectivity index (χ1) is 14.5. The van der Waals surface area contributed by atoms with Gasteiger partial charge in [-0.3, -0.25) is 9.89 Å². The van der Waals surface area contributed by atoms with E-state index in [2.05, 4.69) is 48.7 Å². The fourth-order valence-corrected chi connectivity index (χ4v) is 3.94. The van der Waals surface area contributed by atoms with Crippen molar-refractivity contribution in [2.24, 2.45) is 0 Å². The van der Waals surface area contributed by atoms with Crippen molar-refractivity contribution in [3.8, 4) is 10.4 Å². The Kier molecular flexibility index (Phi) is 5.22. The van der Waals surface area contributed by atoms with Gasteiger partial charge in [-0.05, 0) is 30.3 Å². The zero-order valence-electron chi connectivity index (χ0n) is 15.8. The Morgan fingerprint density at radius 3 is 2.77 bits per heavy atom. The lowest BCUT2D eigenvalue weighted by atomic mass is 10.1. The molecule has 1 aromatic carbocycles. The Hall–Kier alpha value is -4.05. The van der Waals surface area contributed by atoms with E-state index in [1.165, 1.54) is 0 Å². The fraction of sp³-hybridized carbons (Fsp3) is 0.0500. The predicted molar refractivity (Wildman–Crippen MR) is 118 cm³/mol. The predicted octanol–water partition coefficient (Wildman–Crippen LogP) is 4.05. The van der Waals surface area contributed by atoms with Crippen molar-refractivity contribution in [2.75, 3.05) is 11.1 Å². The van der Waals surface area contributed by atoms with Gasteiger partial charge in [-0.15, -0.1) is 11.3 Å². The van der Waals surface area contributed by atoms with E-state index >= 15 is 0 Å². The number of anilines is 3. The van der Waals surface area contributed by atoms with E-state index < -0.39 is 5.97 Å². The molecule has 30 heavy (non-hydrogen) atoms. The topological polar surface area (TPSA) is 143 Å². The van der Waals surface area contributed by atoms with Crippen molar-refractivity contribution in [1.29, 1.82) is 0 Å². The van der Waals surface area contributed by atoms with Crippen LogP contribution in [0.15, 0.2) is 55.0 Å². The second kappa shape index (κ2) is 8.13. The number of carboxylic acid groups (broad SMARTS) is 1. The maximum atomic E-state index is 9.00. The van der Waals surface area contributed by atoms with Gasteiger partial charge in [0.25, 0.3) is 5.97 Å². The molecule has 0 spiro atoms. The second-order valence-electron chi connectivity index (χ2n) is 6.31. The Morgan fingerprint density at radius 2 is 2.00 bits per heavy atom. The largest absolute Gasteiger partial charge is 0.481 e.